The van der Waals surface area contributed by atoms with Crippen molar-refractivity contribution in [2.45, 2.75) is 194 Å². The Balaban J connectivity index is 8.75. The Labute approximate surface area is 231 Å². The Kier molecular flexibility index (Phi) is 13.8. The molecule has 0 unspecified atom stereocenters. The van der Waals surface area contributed by atoms with E-state index in [1.54, 1.807) is 0 Å². The molecule has 5 heteroatoms. The van der Waals surface area contributed by atoms with Gasteiger partial charge in [0.15, 0.2) is 0 Å². The minimum absolute atomic E-state index is 0.926. The van der Waals surface area contributed by atoms with E-state index < -0.39 is 38.0 Å². The molecule has 0 aliphatic rings. The zero-order valence-corrected chi connectivity index (χ0v) is 33.7. The molecule has 212 valence electrons. The van der Waals surface area contributed by atoms with Crippen LogP contribution in [0.2, 0.25) is 55.4 Å². The van der Waals surface area contributed by atoms with Crippen molar-refractivity contribution in [1.82, 2.24) is 0 Å². The van der Waals surface area contributed by atoms with Crippen molar-refractivity contribution in [2.75, 3.05) is 0 Å². The van der Waals surface area contributed by atoms with E-state index in [1.807, 2.05) is 0 Å². The highest BCUT2D eigenvalue weighted by atomic mass is 29.9. The lowest BCUT2D eigenvalue weighted by Gasteiger charge is -2.73. The third kappa shape index (κ3) is 5.56. The first-order valence-electron chi connectivity index (χ1n) is 15.7. The van der Waals surface area contributed by atoms with Crippen LogP contribution in [-0.2, 0) is 0 Å². The Bertz CT molecular complexity index is 530. The summed E-state index contributed by atoms with van der Waals surface area (Å²) in [5, 5.41) is 0. The van der Waals surface area contributed by atoms with Gasteiger partial charge in [-0.3, -0.25) is 0 Å². The molecule has 0 aliphatic heterocycles. The molecule has 0 amide bonds. The van der Waals surface area contributed by atoms with E-state index in [0.29, 0.717) is 0 Å². The van der Waals surface area contributed by atoms with E-state index in [-0.39, 0.29) is 0 Å². The van der Waals surface area contributed by atoms with Gasteiger partial charge < -0.3 is 0 Å². The van der Waals surface area contributed by atoms with Crippen molar-refractivity contribution in [3.05, 3.63) is 0 Å². The Hall–Kier alpha value is 1.08. The summed E-state index contributed by atoms with van der Waals surface area (Å²) in [5.41, 5.74) is 9.29. The van der Waals surface area contributed by atoms with Gasteiger partial charge >= 0.3 is 0 Å². The molecule has 0 rings (SSSR count). The van der Waals surface area contributed by atoms with Crippen LogP contribution < -0.4 is 0 Å². The molecule has 0 bridgehead atoms. The zero-order chi connectivity index (χ0) is 28.4. The third-order valence-corrected chi connectivity index (χ3v) is 106. The summed E-state index contributed by atoms with van der Waals surface area (Å²) in [6, 6.07) is 0. The maximum Gasteiger partial charge on any atom is 0.0435 e. The lowest BCUT2D eigenvalue weighted by atomic mass is 10.5. The highest BCUT2D eigenvalue weighted by Crippen LogP contribution is 2.63. The Morgan fingerprint density at radius 2 is 0.457 bits per heavy atom. The number of hydrogen-bond donors (Lipinski definition) is 0. The van der Waals surface area contributed by atoms with E-state index in [0.717, 1.165) is 55.4 Å². The monoisotopic (exact) mass is 572 g/mol. The molecule has 0 nitrogen and oxygen atoms in total. The average Bonchev–Trinajstić information content (AvgIpc) is 2.63. The molecular weight excluding hydrogens is 501 g/mol. The topological polar surface area (TPSA) is 0 Å². The van der Waals surface area contributed by atoms with Crippen molar-refractivity contribution in [3.8, 4) is 0 Å². The lowest BCUT2D eigenvalue weighted by molar-refractivity contribution is 0.852. The zero-order valence-electron chi connectivity index (χ0n) is 28.4. The molecule has 35 heavy (non-hydrogen) atoms. The molecule has 0 saturated carbocycles. The van der Waals surface area contributed by atoms with Gasteiger partial charge in [0.2, 0.25) is 0 Å². The maximum atomic E-state index is 2.80. The van der Waals surface area contributed by atoms with Crippen LogP contribution in [0, 0.1) is 0 Å². The summed E-state index contributed by atoms with van der Waals surface area (Å²) in [7, 11) is -7.07. The molecule has 0 heterocycles. The molecule has 0 aliphatic carbocycles. The molecule has 0 aromatic carbocycles. The minimum atomic E-state index is -1.74. The highest BCUT2D eigenvalue weighted by Gasteiger charge is 2.75. The average molecular weight is 573 g/mol. The first-order valence-corrected chi connectivity index (χ1v) is 30.4. The van der Waals surface area contributed by atoms with Gasteiger partial charge in [-0.05, 0) is 0 Å². The predicted octanol–water partition coefficient (Wildman–Crippen LogP) is 11.2. The van der Waals surface area contributed by atoms with Crippen molar-refractivity contribution in [1.29, 1.82) is 0 Å². The van der Waals surface area contributed by atoms with Crippen LogP contribution in [0.1, 0.15) is 138 Å². The molecule has 0 atom stereocenters. The largest absolute Gasteiger partial charge is 0.0656 e. The molecular formula is C30H72Si5. The first-order chi connectivity index (χ1) is 15.7. The van der Waals surface area contributed by atoms with E-state index in [2.05, 4.69) is 138 Å². The molecule has 0 aromatic heterocycles. The van der Waals surface area contributed by atoms with Crippen LogP contribution in [0.15, 0.2) is 0 Å². The Morgan fingerprint density at radius 3 is 0.543 bits per heavy atom. The fraction of sp³-hybridized carbons (Fsp3) is 1.00. The van der Waals surface area contributed by atoms with Crippen molar-refractivity contribution in [3.63, 3.8) is 0 Å². The Morgan fingerprint density at radius 1 is 0.286 bits per heavy atom. The molecule has 0 radical (unpaired) electrons. The minimum Gasteiger partial charge on any atom is -0.0656 e. The van der Waals surface area contributed by atoms with Gasteiger partial charge in [-0.25, -0.2) is 0 Å². The van der Waals surface area contributed by atoms with Gasteiger partial charge in [0.05, 0.1) is 0 Å². The standard InChI is InChI=1S/C30H72Si5/c1-21(2)31(22(3)4)33(25(9)10,26(11)12)35(29(17)18,30(19)20)34(27(13)14,28(15)16)32(23(5)6)24(7)8/h21-32H,1-20H3. The molecule has 0 aromatic rings. The van der Waals surface area contributed by atoms with Gasteiger partial charge in [-0.1, -0.05) is 194 Å². The molecule has 0 N–H and O–H groups in total. The highest BCUT2D eigenvalue weighted by molar-refractivity contribution is 7.91. The number of hydrogen-bond acceptors (Lipinski definition) is 0. The van der Waals surface area contributed by atoms with Crippen LogP contribution in [0.5, 0.6) is 0 Å². The van der Waals surface area contributed by atoms with Gasteiger partial charge in [-0.15, -0.1) is 0 Å². The van der Waals surface area contributed by atoms with Gasteiger partial charge in [0, 0.05) is 38.0 Å². The van der Waals surface area contributed by atoms with Gasteiger partial charge in [0.25, 0.3) is 0 Å². The van der Waals surface area contributed by atoms with Crippen molar-refractivity contribution < 1.29 is 0 Å². The summed E-state index contributed by atoms with van der Waals surface area (Å²) in [6.45, 7) is 54.7. The fourth-order valence-electron chi connectivity index (χ4n) is 12.1. The quantitative estimate of drug-likeness (QED) is 0.181. The van der Waals surface area contributed by atoms with Crippen molar-refractivity contribution >= 4 is 38.0 Å². The van der Waals surface area contributed by atoms with Gasteiger partial charge in [0.1, 0.15) is 0 Å². The van der Waals surface area contributed by atoms with E-state index in [4.69, 9.17) is 0 Å². The summed E-state index contributed by atoms with van der Waals surface area (Å²) in [5.74, 6) is 0. The van der Waals surface area contributed by atoms with Crippen LogP contribution >= 0.6 is 0 Å². The molecule has 0 fully saturated rings. The van der Waals surface area contributed by atoms with E-state index in [9.17, 15) is 0 Å². The first kappa shape index (κ1) is 36.1. The summed E-state index contributed by atoms with van der Waals surface area (Å²) in [6.07, 6.45) is 0. The second-order valence-corrected chi connectivity index (χ2v) is 60.4. The van der Waals surface area contributed by atoms with E-state index in [1.165, 1.54) is 0 Å². The van der Waals surface area contributed by atoms with Crippen LogP contribution in [-0.4, -0.2) is 38.0 Å². The van der Waals surface area contributed by atoms with E-state index >= 15 is 0 Å². The second-order valence-electron chi connectivity index (χ2n) is 15.7. The smallest absolute Gasteiger partial charge is 0.0435 e. The van der Waals surface area contributed by atoms with Crippen LogP contribution in [0.4, 0.5) is 0 Å². The SMILES string of the molecule is CC(C)[SiH](C(C)C)[Si](C(C)C)(C(C)C)[Si](C(C)C)(C(C)C)[Si](C(C)C)(C(C)C)[SiH](C(C)C)C(C)C. The summed E-state index contributed by atoms with van der Waals surface area (Å²) >= 11 is 0. The predicted molar refractivity (Wildman–Crippen MR) is 183 cm³/mol. The maximum absolute atomic E-state index is 2.80. The number of rotatable bonds is 14. The lowest BCUT2D eigenvalue weighted by Crippen LogP contribution is -2.92. The molecule has 0 saturated heterocycles. The normalized spacial score (nSPS) is 15.1. The van der Waals surface area contributed by atoms with Gasteiger partial charge in [-0.2, -0.15) is 0 Å². The summed E-state index contributed by atoms with van der Waals surface area (Å²) < 4.78 is 0. The second kappa shape index (κ2) is 13.4. The fourth-order valence-corrected chi connectivity index (χ4v) is 166. The van der Waals surface area contributed by atoms with Crippen LogP contribution in [0.3, 0.4) is 0 Å². The molecule has 0 spiro atoms. The van der Waals surface area contributed by atoms with Crippen LogP contribution in [0.25, 0.3) is 0 Å². The third-order valence-electron chi connectivity index (χ3n) is 11.1. The summed E-state index contributed by atoms with van der Waals surface area (Å²) in [4.78, 5) is 0. The van der Waals surface area contributed by atoms with Crippen molar-refractivity contribution in [2.24, 2.45) is 0 Å².